The maximum Gasteiger partial charge on any atom is 0.317 e. The number of urea groups is 1. The van der Waals surface area contributed by atoms with Crippen LogP contribution in [0.25, 0.3) is 0 Å². The Morgan fingerprint density at radius 3 is 2.45 bits per heavy atom. The number of carbonyl (C=O) groups excluding carboxylic acids is 2. The highest BCUT2D eigenvalue weighted by atomic mass is 19.1. The lowest BCUT2D eigenvalue weighted by Crippen LogP contribution is -2.40. The van der Waals surface area contributed by atoms with Gasteiger partial charge in [0, 0.05) is 50.8 Å². The van der Waals surface area contributed by atoms with Crippen LogP contribution in [0.2, 0.25) is 0 Å². The molecule has 0 saturated heterocycles. The molecular weight excluding hydrogens is 376 g/mol. The van der Waals surface area contributed by atoms with Gasteiger partial charge in [0.25, 0.3) is 0 Å². The molecule has 0 spiro atoms. The first-order chi connectivity index (χ1) is 13.9. The fourth-order valence-corrected chi connectivity index (χ4v) is 3.12. The monoisotopic (exact) mass is 401 g/mol. The maximum absolute atomic E-state index is 13.9. The molecule has 1 fully saturated rings. The molecule has 1 N–H and O–H groups in total. The highest BCUT2D eigenvalue weighted by Crippen LogP contribution is 2.29. The van der Waals surface area contributed by atoms with Crippen LogP contribution in [0.15, 0.2) is 48.5 Å². The van der Waals surface area contributed by atoms with Crippen LogP contribution in [0, 0.1) is 11.6 Å². The molecule has 0 radical (unpaired) electrons. The van der Waals surface area contributed by atoms with Crippen molar-refractivity contribution in [3.8, 4) is 0 Å². The van der Waals surface area contributed by atoms with Crippen molar-refractivity contribution < 1.29 is 18.4 Å². The molecule has 7 heteroatoms. The van der Waals surface area contributed by atoms with Gasteiger partial charge < -0.3 is 15.1 Å². The summed E-state index contributed by atoms with van der Waals surface area (Å²) in [5, 5.41) is 2.75. The topological polar surface area (TPSA) is 52.7 Å². The van der Waals surface area contributed by atoms with E-state index in [-0.39, 0.29) is 37.5 Å². The van der Waals surface area contributed by atoms with E-state index >= 15 is 0 Å². The zero-order valence-corrected chi connectivity index (χ0v) is 16.4. The quantitative estimate of drug-likeness (QED) is 0.734. The highest BCUT2D eigenvalue weighted by Gasteiger charge is 2.32. The summed E-state index contributed by atoms with van der Waals surface area (Å²) in [6.45, 7) is 0.780. The Balaban J connectivity index is 1.48. The van der Waals surface area contributed by atoms with E-state index in [1.165, 1.54) is 12.1 Å². The first-order valence-corrected chi connectivity index (χ1v) is 9.70. The van der Waals surface area contributed by atoms with Crippen molar-refractivity contribution in [1.29, 1.82) is 0 Å². The molecule has 1 saturated carbocycles. The second kappa shape index (κ2) is 9.49. The fraction of sp³-hybridized carbons (Fsp3) is 0.364. The standard InChI is InChI=1S/C22H25F2N3O2/c1-26(14-16-5-3-2-4-6-16)22(29)25-12-11-21(28)27(19-9-10-19)15-17-7-8-18(23)13-20(17)24/h2-8,13,19H,9-12,14-15H2,1H3,(H,25,29). The molecule has 1 aliphatic rings. The smallest absolute Gasteiger partial charge is 0.317 e. The Bertz CT molecular complexity index is 856. The Morgan fingerprint density at radius 1 is 1.07 bits per heavy atom. The van der Waals surface area contributed by atoms with Gasteiger partial charge in [-0.25, -0.2) is 13.6 Å². The first-order valence-electron chi connectivity index (χ1n) is 9.70. The summed E-state index contributed by atoms with van der Waals surface area (Å²) in [6, 6.07) is 12.8. The van der Waals surface area contributed by atoms with Crippen LogP contribution in [-0.4, -0.2) is 41.4 Å². The summed E-state index contributed by atoms with van der Waals surface area (Å²) in [5.41, 5.74) is 1.31. The summed E-state index contributed by atoms with van der Waals surface area (Å²) in [4.78, 5) is 28.0. The van der Waals surface area contributed by atoms with E-state index in [4.69, 9.17) is 0 Å². The summed E-state index contributed by atoms with van der Waals surface area (Å²) in [5.74, 6) is -1.44. The van der Waals surface area contributed by atoms with Gasteiger partial charge >= 0.3 is 6.03 Å². The number of nitrogens with one attached hydrogen (secondary N) is 1. The Kier molecular flexibility index (Phi) is 6.80. The van der Waals surface area contributed by atoms with Gasteiger partial charge in [-0.05, 0) is 24.5 Å². The van der Waals surface area contributed by atoms with Gasteiger partial charge in [0.05, 0.1) is 0 Å². The minimum Gasteiger partial charge on any atom is -0.337 e. The normalized spacial score (nSPS) is 13.1. The Hall–Kier alpha value is -2.96. The van der Waals surface area contributed by atoms with E-state index in [0.717, 1.165) is 24.5 Å². The van der Waals surface area contributed by atoms with Crippen LogP contribution in [0.1, 0.15) is 30.4 Å². The number of nitrogens with zero attached hydrogens (tertiary/aromatic N) is 2. The zero-order valence-electron chi connectivity index (χ0n) is 16.4. The van der Waals surface area contributed by atoms with Crippen LogP contribution < -0.4 is 5.32 Å². The van der Waals surface area contributed by atoms with Gasteiger partial charge in [-0.3, -0.25) is 4.79 Å². The number of benzene rings is 2. The van der Waals surface area contributed by atoms with E-state index in [2.05, 4.69) is 5.32 Å². The molecule has 1 aliphatic carbocycles. The SMILES string of the molecule is CN(Cc1ccccc1)C(=O)NCCC(=O)N(Cc1ccc(F)cc1F)C1CC1. The van der Waals surface area contributed by atoms with E-state index in [9.17, 15) is 18.4 Å². The number of carbonyl (C=O) groups is 2. The molecule has 0 unspecified atom stereocenters. The molecule has 0 heterocycles. The largest absolute Gasteiger partial charge is 0.337 e. The van der Waals surface area contributed by atoms with Crippen LogP contribution in [0.4, 0.5) is 13.6 Å². The minimum atomic E-state index is -0.653. The molecule has 3 amide bonds. The molecule has 154 valence electrons. The van der Waals surface area contributed by atoms with Crippen molar-refractivity contribution in [2.24, 2.45) is 0 Å². The minimum absolute atomic E-state index is 0.0865. The van der Waals surface area contributed by atoms with Gasteiger partial charge in [-0.1, -0.05) is 36.4 Å². The van der Waals surface area contributed by atoms with Gasteiger partial charge in [0.2, 0.25) is 5.91 Å². The molecule has 0 aromatic heterocycles. The van der Waals surface area contributed by atoms with Crippen LogP contribution in [0.5, 0.6) is 0 Å². The predicted molar refractivity (Wildman–Crippen MR) is 106 cm³/mol. The van der Waals surface area contributed by atoms with Crippen LogP contribution in [-0.2, 0) is 17.9 Å². The zero-order chi connectivity index (χ0) is 20.8. The first kappa shape index (κ1) is 20.8. The number of amides is 3. The third kappa shape index (κ3) is 6.01. The molecule has 0 atom stereocenters. The second-order valence-electron chi connectivity index (χ2n) is 7.31. The number of hydrogen-bond donors (Lipinski definition) is 1. The third-order valence-electron chi connectivity index (χ3n) is 4.89. The third-order valence-corrected chi connectivity index (χ3v) is 4.89. The molecule has 3 rings (SSSR count). The Labute approximate surface area is 169 Å². The van der Waals surface area contributed by atoms with Crippen molar-refractivity contribution >= 4 is 11.9 Å². The molecule has 0 aliphatic heterocycles. The molecule has 5 nitrogen and oxygen atoms in total. The molecule has 0 bridgehead atoms. The number of hydrogen-bond acceptors (Lipinski definition) is 2. The van der Waals surface area contributed by atoms with Crippen LogP contribution in [0.3, 0.4) is 0 Å². The van der Waals surface area contributed by atoms with E-state index < -0.39 is 11.6 Å². The van der Waals surface area contributed by atoms with Gasteiger partial charge in [0.15, 0.2) is 0 Å². The van der Waals surface area contributed by atoms with Gasteiger partial charge in [0.1, 0.15) is 11.6 Å². The molecule has 2 aromatic rings. The average Bonchev–Trinajstić information content (AvgIpc) is 3.53. The maximum atomic E-state index is 13.9. The molecule has 29 heavy (non-hydrogen) atoms. The van der Waals surface area contributed by atoms with Crippen molar-refractivity contribution in [3.63, 3.8) is 0 Å². The lowest BCUT2D eigenvalue weighted by Gasteiger charge is -2.23. The fourth-order valence-electron chi connectivity index (χ4n) is 3.12. The molecular formula is C22H25F2N3O2. The van der Waals surface area contributed by atoms with E-state index in [0.29, 0.717) is 12.1 Å². The van der Waals surface area contributed by atoms with Gasteiger partial charge in [-0.2, -0.15) is 0 Å². The molecule has 2 aromatic carbocycles. The number of rotatable bonds is 8. The average molecular weight is 401 g/mol. The lowest BCUT2D eigenvalue weighted by molar-refractivity contribution is -0.132. The lowest BCUT2D eigenvalue weighted by atomic mass is 10.2. The van der Waals surface area contributed by atoms with E-state index in [1.807, 2.05) is 30.3 Å². The Morgan fingerprint density at radius 2 is 1.79 bits per heavy atom. The predicted octanol–water partition coefficient (Wildman–Crippen LogP) is 3.69. The van der Waals surface area contributed by atoms with Crippen molar-refractivity contribution in [1.82, 2.24) is 15.1 Å². The highest BCUT2D eigenvalue weighted by molar-refractivity contribution is 5.78. The van der Waals surface area contributed by atoms with E-state index in [1.54, 1.807) is 16.8 Å². The summed E-state index contributed by atoms with van der Waals surface area (Å²) in [6.07, 6.45) is 1.88. The number of halogens is 2. The van der Waals surface area contributed by atoms with Crippen molar-refractivity contribution in [3.05, 3.63) is 71.3 Å². The second-order valence-corrected chi connectivity index (χ2v) is 7.31. The summed E-state index contributed by atoms with van der Waals surface area (Å²) >= 11 is 0. The van der Waals surface area contributed by atoms with Crippen LogP contribution >= 0.6 is 0 Å². The summed E-state index contributed by atoms with van der Waals surface area (Å²) < 4.78 is 27.0. The van der Waals surface area contributed by atoms with Crippen molar-refractivity contribution in [2.75, 3.05) is 13.6 Å². The summed E-state index contributed by atoms with van der Waals surface area (Å²) in [7, 11) is 1.69. The van der Waals surface area contributed by atoms with Crippen molar-refractivity contribution in [2.45, 2.75) is 38.4 Å². The van der Waals surface area contributed by atoms with Gasteiger partial charge in [-0.15, -0.1) is 0 Å².